The van der Waals surface area contributed by atoms with E-state index >= 15 is 0 Å². The third-order valence-electron chi connectivity index (χ3n) is 5.89. The van der Waals surface area contributed by atoms with Crippen molar-refractivity contribution in [2.24, 2.45) is 0 Å². The second-order valence-electron chi connectivity index (χ2n) is 8.21. The number of aryl methyl sites for hydroxylation is 1. The Balaban J connectivity index is 1.66. The van der Waals surface area contributed by atoms with Gasteiger partial charge >= 0.3 is 5.63 Å². The second-order valence-corrected chi connectivity index (χ2v) is 8.21. The number of hydrogen-bond donors (Lipinski definition) is 2. The van der Waals surface area contributed by atoms with Crippen molar-refractivity contribution in [1.29, 1.82) is 0 Å². The predicted molar refractivity (Wildman–Crippen MR) is 135 cm³/mol. The van der Waals surface area contributed by atoms with Crippen molar-refractivity contribution in [3.63, 3.8) is 0 Å². The molecular formula is C27H28N4O3. The number of carbonyl (C=O) groups excluding carboxylic acids is 1. The fourth-order valence-electron chi connectivity index (χ4n) is 3.97. The van der Waals surface area contributed by atoms with Gasteiger partial charge in [0.2, 0.25) is 5.91 Å². The molecule has 0 saturated heterocycles. The number of nitrogens with zero attached hydrogens (tertiary/aromatic N) is 2. The summed E-state index contributed by atoms with van der Waals surface area (Å²) in [6.07, 6.45) is 0.412. The summed E-state index contributed by atoms with van der Waals surface area (Å²) in [7, 11) is 0. The van der Waals surface area contributed by atoms with E-state index in [9.17, 15) is 9.59 Å². The minimum atomic E-state index is -0.672. The average Bonchev–Trinajstić information content (AvgIpc) is 2.85. The van der Waals surface area contributed by atoms with E-state index in [1.165, 1.54) is 0 Å². The van der Waals surface area contributed by atoms with E-state index in [0.29, 0.717) is 41.7 Å². The molecule has 0 unspecified atom stereocenters. The van der Waals surface area contributed by atoms with E-state index < -0.39 is 11.7 Å². The number of aromatic nitrogens is 1. The van der Waals surface area contributed by atoms with E-state index in [1.54, 1.807) is 24.0 Å². The molecule has 0 radical (unpaired) electrons. The molecule has 34 heavy (non-hydrogen) atoms. The topological polar surface area (TPSA) is 101 Å². The van der Waals surface area contributed by atoms with Crippen LogP contribution < -0.4 is 16.7 Å². The van der Waals surface area contributed by atoms with Crippen LogP contribution >= 0.6 is 0 Å². The molecule has 1 amide bonds. The number of fused-ring (bicyclic) bond motifs is 1. The molecule has 0 aliphatic carbocycles. The molecule has 3 N–H and O–H groups in total. The Kier molecular flexibility index (Phi) is 6.92. The van der Waals surface area contributed by atoms with Gasteiger partial charge in [0.25, 0.3) is 6.01 Å². The maximum Gasteiger partial charge on any atom is 0.348 e. The van der Waals surface area contributed by atoms with Crippen molar-refractivity contribution in [3.05, 3.63) is 99.9 Å². The first-order valence-corrected chi connectivity index (χ1v) is 11.3. The number of likely N-dealkylation sites (N-methyl/N-ethyl adjacent to an activating group) is 1. The van der Waals surface area contributed by atoms with Gasteiger partial charge in [-0.1, -0.05) is 60.7 Å². The molecule has 0 aliphatic rings. The molecule has 1 heterocycles. The first-order valence-electron chi connectivity index (χ1n) is 11.3. The molecule has 1 aromatic heterocycles. The van der Waals surface area contributed by atoms with Gasteiger partial charge in [-0.15, -0.1) is 0 Å². The van der Waals surface area contributed by atoms with Gasteiger partial charge in [-0.2, -0.15) is 4.98 Å². The van der Waals surface area contributed by atoms with Crippen LogP contribution in [0.3, 0.4) is 0 Å². The summed E-state index contributed by atoms with van der Waals surface area (Å²) < 4.78 is 5.47. The van der Waals surface area contributed by atoms with Crippen molar-refractivity contribution in [2.45, 2.75) is 32.9 Å². The second kappa shape index (κ2) is 10.2. The minimum absolute atomic E-state index is 0.00622. The summed E-state index contributed by atoms with van der Waals surface area (Å²) >= 11 is 0. The van der Waals surface area contributed by atoms with Crippen LogP contribution in [0.15, 0.2) is 82.0 Å². The maximum absolute atomic E-state index is 13.6. The highest BCUT2D eigenvalue weighted by atomic mass is 16.4. The predicted octanol–water partition coefficient (Wildman–Crippen LogP) is 4.15. The Labute approximate surface area is 198 Å². The number of nitrogens with two attached hydrogens (primary N) is 1. The summed E-state index contributed by atoms with van der Waals surface area (Å²) in [5.74, 6) is -0.103. The Morgan fingerprint density at radius 1 is 1.03 bits per heavy atom. The summed E-state index contributed by atoms with van der Waals surface area (Å²) in [5, 5.41) is 3.44. The number of nitrogen functional groups attached to an aromatic ring is 1. The highest BCUT2D eigenvalue weighted by molar-refractivity contribution is 5.87. The number of rotatable bonds is 8. The third kappa shape index (κ3) is 5.09. The van der Waals surface area contributed by atoms with Crippen molar-refractivity contribution >= 4 is 28.5 Å². The molecule has 0 aliphatic heterocycles. The lowest BCUT2D eigenvalue weighted by Gasteiger charge is -2.27. The number of amides is 1. The summed E-state index contributed by atoms with van der Waals surface area (Å²) in [6.45, 7) is 4.72. The highest BCUT2D eigenvalue weighted by Crippen LogP contribution is 2.21. The van der Waals surface area contributed by atoms with E-state index in [2.05, 4.69) is 10.3 Å². The third-order valence-corrected chi connectivity index (χ3v) is 5.89. The van der Waals surface area contributed by atoms with Crippen LogP contribution in [-0.4, -0.2) is 28.4 Å². The maximum atomic E-state index is 13.6. The van der Waals surface area contributed by atoms with Crippen LogP contribution in [0.1, 0.15) is 23.6 Å². The lowest BCUT2D eigenvalue weighted by molar-refractivity contribution is -0.132. The van der Waals surface area contributed by atoms with Crippen LogP contribution in [0.5, 0.6) is 0 Å². The van der Waals surface area contributed by atoms with Crippen LogP contribution in [0.2, 0.25) is 0 Å². The Bertz CT molecular complexity index is 1340. The molecule has 0 spiro atoms. The van der Waals surface area contributed by atoms with Gasteiger partial charge in [-0.3, -0.25) is 4.79 Å². The normalized spacial score (nSPS) is 11.8. The standard InChI is InChI=1S/C27H28N4O3/c1-3-31(17-20-12-8-5-9-13-20)25(32)23(16-19-10-6-4-7-11-19)30-27-29-22-15-14-21(28)18(2)24(22)26(33)34-27/h4-15,23H,3,16-17,28H2,1-2H3,(H,29,30)/t23-/m0/s1. The fourth-order valence-corrected chi connectivity index (χ4v) is 3.97. The van der Waals surface area contributed by atoms with E-state index in [1.807, 2.05) is 67.6 Å². The van der Waals surface area contributed by atoms with Gasteiger partial charge < -0.3 is 20.4 Å². The van der Waals surface area contributed by atoms with E-state index in [4.69, 9.17) is 10.2 Å². The molecule has 4 aromatic rings. The van der Waals surface area contributed by atoms with Crippen molar-refractivity contribution in [3.8, 4) is 0 Å². The summed E-state index contributed by atoms with van der Waals surface area (Å²) in [4.78, 5) is 32.6. The van der Waals surface area contributed by atoms with Crippen molar-refractivity contribution in [2.75, 3.05) is 17.6 Å². The molecule has 7 nitrogen and oxygen atoms in total. The van der Waals surface area contributed by atoms with Gasteiger partial charge in [0.05, 0.1) is 10.9 Å². The number of hydrogen-bond acceptors (Lipinski definition) is 6. The van der Waals surface area contributed by atoms with Gasteiger partial charge in [-0.25, -0.2) is 4.79 Å². The number of benzene rings is 3. The molecule has 0 bridgehead atoms. The van der Waals surface area contributed by atoms with Crippen LogP contribution in [0.25, 0.3) is 10.9 Å². The molecular weight excluding hydrogens is 428 g/mol. The number of carbonyl (C=O) groups is 1. The lowest BCUT2D eigenvalue weighted by atomic mass is 10.0. The summed E-state index contributed by atoms with van der Waals surface area (Å²) in [5.41, 5.74) is 9.01. The van der Waals surface area contributed by atoms with Crippen LogP contribution in [0, 0.1) is 6.92 Å². The highest BCUT2D eigenvalue weighted by Gasteiger charge is 2.26. The van der Waals surface area contributed by atoms with Crippen LogP contribution in [0.4, 0.5) is 11.7 Å². The number of nitrogens with one attached hydrogen (secondary N) is 1. The fraction of sp³-hybridized carbons (Fsp3) is 0.222. The van der Waals surface area contributed by atoms with Crippen LogP contribution in [-0.2, 0) is 17.8 Å². The first kappa shape index (κ1) is 23.0. The monoisotopic (exact) mass is 456 g/mol. The van der Waals surface area contributed by atoms with Crippen molar-refractivity contribution < 1.29 is 9.21 Å². The van der Waals surface area contributed by atoms with E-state index in [0.717, 1.165) is 11.1 Å². The smallest absolute Gasteiger partial charge is 0.348 e. The zero-order chi connectivity index (χ0) is 24.1. The van der Waals surface area contributed by atoms with Gasteiger partial charge in [0.15, 0.2) is 0 Å². The SMILES string of the molecule is CCN(Cc1ccccc1)C(=O)[C@H](Cc1ccccc1)Nc1nc2ccc(N)c(C)c2c(=O)o1. The van der Waals surface area contributed by atoms with Gasteiger partial charge in [0.1, 0.15) is 6.04 Å². The largest absolute Gasteiger partial charge is 0.398 e. The molecule has 174 valence electrons. The number of anilines is 2. The lowest BCUT2D eigenvalue weighted by Crippen LogP contribution is -2.44. The molecule has 7 heteroatoms. The van der Waals surface area contributed by atoms with Crippen molar-refractivity contribution in [1.82, 2.24) is 9.88 Å². The molecule has 0 fully saturated rings. The van der Waals surface area contributed by atoms with Gasteiger partial charge in [0, 0.05) is 25.2 Å². The molecule has 0 saturated carbocycles. The van der Waals surface area contributed by atoms with Gasteiger partial charge in [-0.05, 0) is 42.7 Å². The quantitative estimate of drug-likeness (QED) is 0.386. The molecule has 4 rings (SSSR count). The zero-order valence-electron chi connectivity index (χ0n) is 19.3. The average molecular weight is 457 g/mol. The first-order chi connectivity index (χ1) is 16.5. The molecule has 3 aromatic carbocycles. The van der Waals surface area contributed by atoms with E-state index in [-0.39, 0.29) is 11.9 Å². The molecule has 1 atom stereocenters. The summed E-state index contributed by atoms with van der Waals surface area (Å²) in [6, 6.07) is 22.3. The Morgan fingerprint density at radius 2 is 1.68 bits per heavy atom. The Hall–Kier alpha value is -4.13. The Morgan fingerprint density at radius 3 is 2.32 bits per heavy atom. The zero-order valence-corrected chi connectivity index (χ0v) is 19.3. The minimum Gasteiger partial charge on any atom is -0.398 e.